The van der Waals surface area contributed by atoms with Gasteiger partial charge in [0, 0.05) is 12.6 Å². The molecule has 0 saturated heterocycles. The second-order valence-electron chi connectivity index (χ2n) is 4.49. The monoisotopic (exact) mass is 258 g/mol. The number of hydrogen-bond donors (Lipinski definition) is 1. The van der Waals surface area contributed by atoms with E-state index in [4.69, 9.17) is 5.26 Å². The van der Waals surface area contributed by atoms with Gasteiger partial charge >= 0.3 is 0 Å². The fourth-order valence-corrected chi connectivity index (χ4v) is 2.06. The van der Waals surface area contributed by atoms with E-state index in [-0.39, 0.29) is 11.3 Å². The first-order valence-corrected chi connectivity index (χ1v) is 6.14. The molecule has 1 aromatic rings. The molecule has 0 bridgehead atoms. The summed E-state index contributed by atoms with van der Waals surface area (Å²) in [5.41, 5.74) is 0.0447. The Kier molecular flexibility index (Phi) is 4.08. The summed E-state index contributed by atoms with van der Waals surface area (Å²) in [6, 6.07) is 3.18. The van der Waals surface area contributed by atoms with Gasteiger partial charge in [0.05, 0.1) is 4.92 Å². The maximum Gasteiger partial charge on any atom is 0.289 e. The third kappa shape index (κ3) is 3.28. The number of rotatable bonds is 4. The summed E-state index contributed by atoms with van der Waals surface area (Å²) in [4.78, 5) is 14.0. The number of nitrogens with zero attached hydrogens (tertiary/aromatic N) is 3. The highest BCUT2D eigenvalue weighted by Crippen LogP contribution is 2.21. The molecule has 1 aliphatic rings. The van der Waals surface area contributed by atoms with Gasteiger partial charge in [-0.3, -0.25) is 10.1 Å². The van der Waals surface area contributed by atoms with Gasteiger partial charge in [0.25, 0.3) is 5.69 Å². The van der Waals surface area contributed by atoms with Crippen LogP contribution in [-0.4, -0.2) is 16.5 Å². The molecule has 1 aromatic heterocycles. The van der Waals surface area contributed by atoms with Crippen molar-refractivity contribution in [3.63, 3.8) is 0 Å². The number of nitro groups is 1. The molecule has 0 aromatic carbocycles. The molecule has 19 heavy (non-hydrogen) atoms. The molecule has 0 spiro atoms. The lowest BCUT2D eigenvalue weighted by atomic mass is 9.94. The fourth-order valence-electron chi connectivity index (χ4n) is 2.06. The Morgan fingerprint density at radius 1 is 1.58 bits per heavy atom. The summed E-state index contributed by atoms with van der Waals surface area (Å²) < 4.78 is 0. The first-order valence-electron chi connectivity index (χ1n) is 6.14. The van der Waals surface area contributed by atoms with Crippen LogP contribution in [0.25, 0.3) is 0 Å². The highest BCUT2D eigenvalue weighted by atomic mass is 16.6. The quantitative estimate of drug-likeness (QED) is 0.509. The largest absolute Gasteiger partial charge is 0.369 e. The molecule has 98 valence electrons. The van der Waals surface area contributed by atoms with Gasteiger partial charge in [0.15, 0.2) is 0 Å². The van der Waals surface area contributed by atoms with Crippen LogP contribution >= 0.6 is 0 Å². The lowest BCUT2D eigenvalue weighted by Crippen LogP contribution is -2.16. The van der Waals surface area contributed by atoms with Crippen LogP contribution < -0.4 is 5.32 Å². The van der Waals surface area contributed by atoms with Crippen LogP contribution in [-0.2, 0) is 0 Å². The summed E-state index contributed by atoms with van der Waals surface area (Å²) >= 11 is 0. The van der Waals surface area contributed by atoms with Gasteiger partial charge in [-0.2, -0.15) is 5.26 Å². The zero-order valence-electron chi connectivity index (χ0n) is 10.4. The summed E-state index contributed by atoms with van der Waals surface area (Å²) in [5.74, 6) is 0.941. The topological polar surface area (TPSA) is 91.8 Å². The van der Waals surface area contributed by atoms with Crippen molar-refractivity contribution >= 4 is 11.5 Å². The molecule has 1 heterocycles. The van der Waals surface area contributed by atoms with Gasteiger partial charge in [-0.05, 0) is 25.2 Å². The number of anilines is 1. The Balaban J connectivity index is 2.05. The highest BCUT2D eigenvalue weighted by molar-refractivity contribution is 5.55. The molecule has 6 heteroatoms. The predicted octanol–water partition coefficient (Wildman–Crippen LogP) is 2.63. The zero-order chi connectivity index (χ0) is 13.7. The van der Waals surface area contributed by atoms with Crippen molar-refractivity contribution in [2.75, 3.05) is 11.9 Å². The van der Waals surface area contributed by atoms with E-state index in [2.05, 4.69) is 22.5 Å². The van der Waals surface area contributed by atoms with Gasteiger partial charge < -0.3 is 5.32 Å². The molecule has 2 rings (SSSR count). The molecule has 6 nitrogen and oxygen atoms in total. The first-order chi connectivity index (χ1) is 9.20. The summed E-state index contributed by atoms with van der Waals surface area (Å²) in [5, 5.41) is 22.7. The normalized spacial score (nSPS) is 17.7. The van der Waals surface area contributed by atoms with E-state index in [1.807, 2.05) is 6.07 Å². The molecule has 0 unspecified atom stereocenters. The lowest BCUT2D eigenvalue weighted by molar-refractivity contribution is -0.385. The average Bonchev–Trinajstić information content (AvgIpc) is 2.45. The predicted molar refractivity (Wildman–Crippen MR) is 70.6 cm³/mol. The van der Waals surface area contributed by atoms with Crippen molar-refractivity contribution in [2.45, 2.75) is 19.3 Å². The Morgan fingerprint density at radius 3 is 3.05 bits per heavy atom. The van der Waals surface area contributed by atoms with E-state index in [9.17, 15) is 10.1 Å². The molecule has 0 saturated carbocycles. The molecular weight excluding hydrogens is 244 g/mol. The molecule has 1 aliphatic carbocycles. The van der Waals surface area contributed by atoms with Crippen LogP contribution in [0, 0.1) is 27.4 Å². The van der Waals surface area contributed by atoms with Crippen LogP contribution in [0.4, 0.5) is 11.5 Å². The van der Waals surface area contributed by atoms with Crippen LogP contribution in [0.2, 0.25) is 0 Å². The van der Waals surface area contributed by atoms with Crippen molar-refractivity contribution in [1.82, 2.24) is 4.98 Å². The number of hydrogen-bond acceptors (Lipinski definition) is 5. The van der Waals surface area contributed by atoms with Crippen LogP contribution in [0.3, 0.4) is 0 Å². The zero-order valence-corrected chi connectivity index (χ0v) is 10.4. The van der Waals surface area contributed by atoms with E-state index < -0.39 is 4.92 Å². The number of pyridine rings is 1. The number of nitrogens with one attached hydrogen (secondary N) is 1. The molecule has 0 radical (unpaired) electrons. The van der Waals surface area contributed by atoms with E-state index in [0.717, 1.165) is 25.8 Å². The second kappa shape index (κ2) is 5.96. The Hall–Kier alpha value is -2.42. The number of nitriles is 1. The minimum Gasteiger partial charge on any atom is -0.369 e. The Morgan fingerprint density at radius 2 is 2.42 bits per heavy atom. The maximum absolute atomic E-state index is 10.6. The minimum atomic E-state index is -0.552. The van der Waals surface area contributed by atoms with Crippen LogP contribution in [0.1, 0.15) is 24.8 Å². The second-order valence-corrected chi connectivity index (χ2v) is 4.49. The minimum absolute atomic E-state index is 0.164. The Labute approximate surface area is 110 Å². The summed E-state index contributed by atoms with van der Waals surface area (Å²) in [7, 11) is 0. The van der Waals surface area contributed by atoms with Crippen molar-refractivity contribution in [1.29, 1.82) is 5.26 Å². The molecule has 0 aliphatic heterocycles. The summed E-state index contributed by atoms with van der Waals surface area (Å²) in [6.07, 6.45) is 8.70. The molecule has 1 N–H and O–H groups in total. The van der Waals surface area contributed by atoms with E-state index in [1.54, 1.807) is 0 Å². The number of allylic oxidation sites excluding steroid dienone is 2. The third-order valence-corrected chi connectivity index (χ3v) is 3.14. The molecule has 1 atom stereocenters. The SMILES string of the molecule is N#Cc1cc([N+](=O)[O-])cnc1NC[C@H]1CC=CCC1. The maximum atomic E-state index is 10.6. The summed E-state index contributed by atoms with van der Waals surface area (Å²) in [6.45, 7) is 0.726. The van der Waals surface area contributed by atoms with Crippen LogP contribution in [0.15, 0.2) is 24.4 Å². The van der Waals surface area contributed by atoms with E-state index in [0.29, 0.717) is 11.7 Å². The van der Waals surface area contributed by atoms with Crippen LogP contribution in [0.5, 0.6) is 0 Å². The fraction of sp³-hybridized carbons (Fsp3) is 0.385. The molecule has 0 amide bonds. The van der Waals surface area contributed by atoms with Gasteiger partial charge in [-0.15, -0.1) is 0 Å². The van der Waals surface area contributed by atoms with Crippen molar-refractivity contribution in [3.8, 4) is 6.07 Å². The van der Waals surface area contributed by atoms with Crippen molar-refractivity contribution in [3.05, 3.63) is 40.1 Å². The first kappa shape index (κ1) is 13.0. The highest BCUT2D eigenvalue weighted by Gasteiger charge is 2.14. The van der Waals surface area contributed by atoms with Gasteiger partial charge in [0.2, 0.25) is 0 Å². The van der Waals surface area contributed by atoms with E-state index in [1.165, 1.54) is 12.3 Å². The Bertz CT molecular complexity index is 548. The van der Waals surface area contributed by atoms with Gasteiger partial charge in [0.1, 0.15) is 23.6 Å². The van der Waals surface area contributed by atoms with Gasteiger partial charge in [-0.25, -0.2) is 4.98 Å². The standard InChI is InChI=1S/C13H14N4O2/c14-7-11-6-12(17(18)19)9-16-13(11)15-8-10-4-2-1-3-5-10/h1-2,6,9-10H,3-5,8H2,(H,15,16)/t10-/m0/s1. The molecular formula is C13H14N4O2. The van der Waals surface area contributed by atoms with Crippen molar-refractivity contribution in [2.24, 2.45) is 5.92 Å². The smallest absolute Gasteiger partial charge is 0.289 e. The van der Waals surface area contributed by atoms with E-state index >= 15 is 0 Å². The van der Waals surface area contributed by atoms with Gasteiger partial charge in [-0.1, -0.05) is 12.2 Å². The average molecular weight is 258 g/mol. The van der Waals surface area contributed by atoms with Crippen molar-refractivity contribution < 1.29 is 4.92 Å². The third-order valence-electron chi connectivity index (χ3n) is 3.14. The number of aromatic nitrogens is 1. The molecule has 0 fully saturated rings. The lowest BCUT2D eigenvalue weighted by Gasteiger charge is -2.18.